The van der Waals surface area contributed by atoms with Gasteiger partial charge in [0.25, 0.3) is 0 Å². The van der Waals surface area contributed by atoms with Crippen LogP contribution in [0.5, 0.6) is 0 Å². The third-order valence-electron chi connectivity index (χ3n) is 4.58. The van der Waals surface area contributed by atoms with E-state index in [1.54, 1.807) is 24.3 Å². The Hall–Kier alpha value is -3.48. The Morgan fingerprint density at radius 3 is 2.73 bits per heavy atom. The summed E-state index contributed by atoms with van der Waals surface area (Å²) in [5.41, 5.74) is 2.03. The van der Waals surface area contributed by atoms with Crippen molar-refractivity contribution in [1.82, 2.24) is 4.98 Å². The van der Waals surface area contributed by atoms with Gasteiger partial charge in [-0.1, -0.05) is 38.1 Å². The summed E-state index contributed by atoms with van der Waals surface area (Å²) in [6.07, 6.45) is 1.66. The van der Waals surface area contributed by atoms with Crippen LogP contribution in [0.15, 0.2) is 47.4 Å². The van der Waals surface area contributed by atoms with Crippen molar-refractivity contribution >= 4 is 28.6 Å². The highest BCUT2D eigenvalue weighted by atomic mass is 19.1. The highest BCUT2D eigenvalue weighted by Crippen LogP contribution is 2.29. The van der Waals surface area contributed by atoms with Gasteiger partial charge in [-0.05, 0) is 30.2 Å². The number of esters is 2. The van der Waals surface area contributed by atoms with E-state index < -0.39 is 17.8 Å². The molecule has 0 saturated carbocycles. The predicted octanol–water partition coefficient (Wildman–Crippen LogP) is 4.71. The number of ether oxygens (including phenoxy) is 2. The van der Waals surface area contributed by atoms with E-state index in [4.69, 9.17) is 13.9 Å². The molecule has 6 nitrogen and oxygen atoms in total. The Morgan fingerprint density at radius 1 is 1.23 bits per heavy atom. The van der Waals surface area contributed by atoms with E-state index in [1.807, 2.05) is 6.92 Å². The SMILES string of the molecule is C=C(C(=O)OCCCC)c1ccc(-c2nc3c(CC(=O)OC)cccc3o2)cc1F. The normalized spacial score (nSPS) is 10.8. The second-order valence-electron chi connectivity index (χ2n) is 6.70. The fourth-order valence-electron chi connectivity index (χ4n) is 2.90. The van der Waals surface area contributed by atoms with E-state index >= 15 is 0 Å². The Kier molecular flexibility index (Phi) is 6.61. The molecule has 0 unspecified atom stereocenters. The van der Waals surface area contributed by atoms with Crippen molar-refractivity contribution < 1.29 is 27.9 Å². The van der Waals surface area contributed by atoms with Crippen LogP contribution in [0, 0.1) is 5.82 Å². The third kappa shape index (κ3) is 4.56. The molecule has 30 heavy (non-hydrogen) atoms. The molecule has 7 heteroatoms. The lowest BCUT2D eigenvalue weighted by Crippen LogP contribution is -2.08. The van der Waals surface area contributed by atoms with Crippen LogP contribution in [0.25, 0.3) is 28.1 Å². The zero-order chi connectivity index (χ0) is 21.7. The van der Waals surface area contributed by atoms with Gasteiger partial charge < -0.3 is 13.9 Å². The van der Waals surface area contributed by atoms with Crippen LogP contribution in [0.3, 0.4) is 0 Å². The Labute approximate surface area is 173 Å². The number of aromatic nitrogens is 1. The zero-order valence-electron chi connectivity index (χ0n) is 16.9. The van der Waals surface area contributed by atoms with Gasteiger partial charge in [0.1, 0.15) is 11.3 Å². The van der Waals surface area contributed by atoms with Gasteiger partial charge in [0, 0.05) is 11.1 Å². The standard InChI is InChI=1S/C23H22FNO5/c1-4-5-11-29-23(27)14(2)17-10-9-16(12-18(17)24)22-25-21-15(13-20(26)28-3)7-6-8-19(21)30-22/h6-10,12H,2,4-5,11,13H2,1,3H3. The van der Waals surface area contributed by atoms with Crippen molar-refractivity contribution in [3.63, 3.8) is 0 Å². The minimum absolute atomic E-state index is 0.0481. The first kappa shape index (κ1) is 21.2. The fourth-order valence-corrected chi connectivity index (χ4v) is 2.90. The van der Waals surface area contributed by atoms with E-state index in [0.29, 0.717) is 22.2 Å². The molecule has 0 aliphatic heterocycles. The first-order chi connectivity index (χ1) is 14.4. The van der Waals surface area contributed by atoms with Crippen LogP contribution in [-0.2, 0) is 25.5 Å². The number of nitrogens with zero attached hydrogens (tertiary/aromatic N) is 1. The molecule has 0 aliphatic carbocycles. The summed E-state index contributed by atoms with van der Waals surface area (Å²) < 4.78 is 30.2. The summed E-state index contributed by atoms with van der Waals surface area (Å²) >= 11 is 0. The van der Waals surface area contributed by atoms with E-state index in [9.17, 15) is 14.0 Å². The summed E-state index contributed by atoms with van der Waals surface area (Å²) in [5.74, 6) is -1.48. The molecular formula is C23H22FNO5. The molecule has 0 saturated heterocycles. The lowest BCUT2D eigenvalue weighted by atomic mass is 10.0. The molecule has 0 aliphatic rings. The minimum atomic E-state index is -0.649. The van der Waals surface area contributed by atoms with E-state index in [1.165, 1.54) is 19.2 Å². The van der Waals surface area contributed by atoms with Crippen molar-refractivity contribution in [2.24, 2.45) is 0 Å². The van der Waals surface area contributed by atoms with Gasteiger partial charge in [0.2, 0.25) is 5.89 Å². The molecule has 2 aromatic carbocycles. The maximum atomic E-state index is 14.7. The number of unbranched alkanes of at least 4 members (excludes halogenated alkanes) is 1. The number of hydrogen-bond acceptors (Lipinski definition) is 6. The highest BCUT2D eigenvalue weighted by molar-refractivity contribution is 6.15. The molecule has 1 aromatic heterocycles. The van der Waals surface area contributed by atoms with Crippen LogP contribution in [0.1, 0.15) is 30.9 Å². The summed E-state index contributed by atoms with van der Waals surface area (Å²) in [5, 5.41) is 0. The number of oxazole rings is 1. The number of carbonyl (C=O) groups is 2. The lowest BCUT2D eigenvalue weighted by molar-refractivity contribution is -0.140. The molecule has 3 rings (SSSR count). The number of carbonyl (C=O) groups excluding carboxylic acids is 2. The molecule has 0 N–H and O–H groups in total. The quantitative estimate of drug-likeness (QED) is 0.304. The van der Waals surface area contributed by atoms with E-state index in [2.05, 4.69) is 11.6 Å². The van der Waals surface area contributed by atoms with Crippen molar-refractivity contribution in [2.45, 2.75) is 26.2 Å². The first-order valence-corrected chi connectivity index (χ1v) is 9.56. The molecular weight excluding hydrogens is 389 g/mol. The van der Waals surface area contributed by atoms with Crippen LogP contribution in [0.2, 0.25) is 0 Å². The van der Waals surface area contributed by atoms with E-state index in [-0.39, 0.29) is 30.1 Å². The Morgan fingerprint density at radius 2 is 2.03 bits per heavy atom. The maximum absolute atomic E-state index is 14.7. The molecule has 1 heterocycles. The van der Waals surface area contributed by atoms with Gasteiger partial charge in [-0.25, -0.2) is 14.2 Å². The second kappa shape index (κ2) is 9.35. The van der Waals surface area contributed by atoms with Gasteiger partial charge >= 0.3 is 11.9 Å². The van der Waals surface area contributed by atoms with Crippen LogP contribution in [0.4, 0.5) is 4.39 Å². The number of halogens is 1. The topological polar surface area (TPSA) is 78.6 Å². The molecule has 0 fully saturated rings. The van der Waals surface area contributed by atoms with Gasteiger partial charge in [0.15, 0.2) is 5.58 Å². The third-order valence-corrected chi connectivity index (χ3v) is 4.58. The minimum Gasteiger partial charge on any atom is -0.469 e. The number of benzene rings is 2. The van der Waals surface area contributed by atoms with Gasteiger partial charge in [-0.15, -0.1) is 0 Å². The molecule has 3 aromatic rings. The van der Waals surface area contributed by atoms with Crippen LogP contribution < -0.4 is 0 Å². The van der Waals surface area contributed by atoms with Crippen LogP contribution >= 0.6 is 0 Å². The molecule has 0 radical (unpaired) electrons. The second-order valence-corrected chi connectivity index (χ2v) is 6.70. The number of methoxy groups -OCH3 is 1. The van der Waals surface area contributed by atoms with Crippen molar-refractivity contribution in [3.8, 4) is 11.5 Å². The maximum Gasteiger partial charge on any atom is 0.338 e. The summed E-state index contributed by atoms with van der Waals surface area (Å²) in [4.78, 5) is 28.1. The molecule has 0 amide bonds. The average Bonchev–Trinajstić information content (AvgIpc) is 3.18. The summed E-state index contributed by atoms with van der Waals surface area (Å²) in [7, 11) is 1.31. The monoisotopic (exact) mass is 411 g/mol. The average molecular weight is 411 g/mol. The van der Waals surface area contributed by atoms with Crippen molar-refractivity contribution in [1.29, 1.82) is 0 Å². The highest BCUT2D eigenvalue weighted by Gasteiger charge is 2.18. The zero-order valence-corrected chi connectivity index (χ0v) is 16.9. The first-order valence-electron chi connectivity index (χ1n) is 9.56. The smallest absolute Gasteiger partial charge is 0.338 e. The van der Waals surface area contributed by atoms with Gasteiger partial charge in [-0.3, -0.25) is 4.79 Å². The van der Waals surface area contributed by atoms with Gasteiger partial charge in [0.05, 0.1) is 25.7 Å². The Balaban J connectivity index is 1.86. The summed E-state index contributed by atoms with van der Waals surface area (Å²) in [6, 6.07) is 9.47. The number of hydrogen-bond donors (Lipinski definition) is 0. The molecule has 0 spiro atoms. The molecule has 0 bridgehead atoms. The summed E-state index contributed by atoms with van der Waals surface area (Å²) in [6.45, 7) is 5.90. The number of rotatable bonds is 8. The molecule has 0 atom stereocenters. The van der Waals surface area contributed by atoms with Crippen LogP contribution in [-0.4, -0.2) is 30.6 Å². The lowest BCUT2D eigenvalue weighted by Gasteiger charge is -2.08. The largest absolute Gasteiger partial charge is 0.469 e. The van der Waals surface area contributed by atoms with Gasteiger partial charge in [-0.2, -0.15) is 0 Å². The van der Waals surface area contributed by atoms with E-state index in [0.717, 1.165) is 12.8 Å². The number of fused-ring (bicyclic) bond motifs is 1. The van der Waals surface area contributed by atoms with Crippen molar-refractivity contribution in [2.75, 3.05) is 13.7 Å². The van der Waals surface area contributed by atoms with Crippen molar-refractivity contribution in [3.05, 3.63) is 59.9 Å². The molecule has 156 valence electrons. The number of para-hydroxylation sites is 1. The fraction of sp³-hybridized carbons (Fsp3) is 0.261. The Bertz CT molecular complexity index is 1100. The predicted molar refractivity (Wildman–Crippen MR) is 110 cm³/mol.